The molecule has 0 radical (unpaired) electrons. The van der Waals surface area contributed by atoms with Crippen LogP contribution in [-0.2, 0) is 20.0 Å². The number of hydrogen-bond donors (Lipinski definition) is 0. The van der Waals surface area contributed by atoms with Gasteiger partial charge in [0, 0.05) is 6.26 Å². The summed E-state index contributed by atoms with van der Waals surface area (Å²) in [7, 11) is -10.5. The van der Waals surface area contributed by atoms with Crippen molar-refractivity contribution < 1.29 is 30.0 Å². The Balaban J connectivity index is 0. The lowest BCUT2D eigenvalue weighted by molar-refractivity contribution is -0.0425. The lowest BCUT2D eigenvalue weighted by Crippen LogP contribution is -2.23. The third kappa shape index (κ3) is 5.05. The van der Waals surface area contributed by atoms with E-state index in [0.29, 0.717) is 0 Å². The monoisotopic (exact) mass is 242 g/mol. The second kappa shape index (κ2) is 3.80. The highest BCUT2D eigenvalue weighted by molar-refractivity contribution is 8.12. The van der Waals surface area contributed by atoms with Crippen LogP contribution in [-0.4, -0.2) is 28.6 Å². The number of halogens is 3. The molecule has 0 N–H and O–H groups in total. The van der Waals surface area contributed by atoms with Gasteiger partial charge in [0.05, 0.1) is 10.0 Å². The topological polar surface area (TPSA) is 82.4 Å². The molecule has 82 valence electrons. The Kier molecular flexibility index (Phi) is 4.42. The molecule has 0 atom stereocenters. The maximum absolute atomic E-state index is 11.4. The molecular weight excluding hydrogens is 235 g/mol. The summed E-state index contributed by atoms with van der Waals surface area (Å²) in [6.07, 6.45) is 0.246. The number of alkyl halides is 3. The quantitative estimate of drug-likeness (QED) is 0.717. The molecule has 0 rings (SSSR count). The van der Waals surface area contributed by atoms with Gasteiger partial charge in [-0.1, -0.05) is 7.43 Å². The highest BCUT2D eigenvalue weighted by Crippen LogP contribution is 2.29. The van der Waals surface area contributed by atoms with Crippen molar-refractivity contribution in [3.63, 3.8) is 0 Å². The minimum Gasteiger partial charge on any atom is -0.429 e. The Morgan fingerprint density at radius 1 is 1.08 bits per heavy atom. The van der Waals surface area contributed by atoms with E-state index in [1.165, 1.54) is 0 Å². The zero-order chi connectivity index (χ0) is 10.2. The van der Waals surface area contributed by atoms with Gasteiger partial charge in [0.2, 0.25) is 0 Å². The fraction of sp³-hybridized carbons (Fsp3) is 1.00. The molecule has 5 nitrogen and oxygen atoms in total. The van der Waals surface area contributed by atoms with Crippen LogP contribution in [0.5, 0.6) is 0 Å². The number of sulfonamides is 2. The van der Waals surface area contributed by atoms with E-state index >= 15 is 0 Å². The molecule has 0 aliphatic heterocycles. The van der Waals surface area contributed by atoms with Crippen molar-refractivity contribution in [2.75, 3.05) is 6.26 Å². The fourth-order valence-electron chi connectivity index (χ4n) is 0.221. The molecule has 0 saturated carbocycles. The van der Waals surface area contributed by atoms with Gasteiger partial charge in [0.15, 0.2) is 10.0 Å². The molecule has 0 spiro atoms. The van der Waals surface area contributed by atoms with Crippen LogP contribution in [0.2, 0.25) is 0 Å². The third-order valence-electron chi connectivity index (χ3n) is 0.526. The van der Waals surface area contributed by atoms with Crippen LogP contribution in [0.15, 0.2) is 0 Å². The molecule has 10 heteroatoms. The van der Waals surface area contributed by atoms with E-state index in [1.54, 1.807) is 4.13 Å². The van der Waals surface area contributed by atoms with Gasteiger partial charge in [-0.2, -0.15) is 13.2 Å². The van der Waals surface area contributed by atoms with Gasteiger partial charge in [-0.15, -0.1) is 0 Å². The van der Waals surface area contributed by atoms with Crippen LogP contribution >= 0.6 is 0 Å². The molecule has 0 aromatic carbocycles. The van der Waals surface area contributed by atoms with E-state index in [4.69, 9.17) is 0 Å². The Hall–Kier alpha value is -0.350. The van der Waals surface area contributed by atoms with Gasteiger partial charge in [-0.25, -0.2) is 16.8 Å². The summed E-state index contributed by atoms with van der Waals surface area (Å²) < 4.78 is 76.0. The average molecular weight is 242 g/mol. The molecular formula is C3H7F3NO4S2-. The Morgan fingerprint density at radius 3 is 1.46 bits per heavy atom. The summed E-state index contributed by atoms with van der Waals surface area (Å²) in [4.78, 5) is 0. The first-order valence-electron chi connectivity index (χ1n) is 2.21. The SMILES string of the molecule is C.CS(=O)(=O)[N-]S(=O)(=O)C(F)(F)F. The van der Waals surface area contributed by atoms with E-state index in [0.717, 1.165) is 0 Å². The van der Waals surface area contributed by atoms with Gasteiger partial charge in [-0.05, 0) is 0 Å². The second-order valence-electron chi connectivity index (χ2n) is 1.73. The van der Waals surface area contributed by atoms with Crippen molar-refractivity contribution in [2.24, 2.45) is 0 Å². The van der Waals surface area contributed by atoms with Gasteiger partial charge in [0.25, 0.3) is 0 Å². The molecule has 0 aromatic heterocycles. The van der Waals surface area contributed by atoms with E-state index in [1.807, 2.05) is 0 Å². The highest BCUT2D eigenvalue weighted by atomic mass is 32.3. The van der Waals surface area contributed by atoms with Crippen LogP contribution < -0.4 is 0 Å². The predicted octanol–water partition coefficient (Wildman–Crippen LogP) is 0.805. The molecule has 13 heavy (non-hydrogen) atoms. The Morgan fingerprint density at radius 2 is 1.38 bits per heavy atom. The third-order valence-corrected chi connectivity index (χ3v) is 2.98. The largest absolute Gasteiger partial charge is 0.480 e. The van der Waals surface area contributed by atoms with Crippen molar-refractivity contribution in [3.8, 4) is 0 Å². The summed E-state index contributed by atoms with van der Waals surface area (Å²) >= 11 is 0. The number of hydrogen-bond acceptors (Lipinski definition) is 4. The van der Waals surface area contributed by atoms with Crippen LogP contribution in [0, 0.1) is 0 Å². The molecule has 0 saturated heterocycles. The summed E-state index contributed by atoms with van der Waals surface area (Å²) in [5.41, 5.74) is -5.67. The van der Waals surface area contributed by atoms with Gasteiger partial charge < -0.3 is 4.13 Å². The van der Waals surface area contributed by atoms with Crippen LogP contribution in [0.1, 0.15) is 7.43 Å². The summed E-state index contributed by atoms with van der Waals surface area (Å²) in [6.45, 7) is 0. The smallest absolute Gasteiger partial charge is 0.429 e. The van der Waals surface area contributed by atoms with Crippen molar-refractivity contribution in [3.05, 3.63) is 4.13 Å². The average Bonchev–Trinajstić information content (AvgIpc) is 1.52. The molecule has 0 amide bonds. The second-order valence-corrected chi connectivity index (χ2v) is 5.20. The van der Waals surface area contributed by atoms with E-state index in [-0.39, 0.29) is 13.7 Å². The zero-order valence-corrected chi connectivity index (χ0v) is 7.16. The number of nitrogens with zero attached hydrogens (tertiary/aromatic N) is 1. The normalized spacial score (nSPS) is 13.5. The molecule has 0 aliphatic rings. The standard InChI is InChI=1S/C2H3F3NO4S2.CH4/c1-11(7,8)6-12(9,10)2(3,4)5;/h1H3;1H4/q-1;. The molecule has 0 aromatic rings. The Labute approximate surface area is 74.0 Å². The fourth-order valence-corrected chi connectivity index (χ4v) is 1.98. The van der Waals surface area contributed by atoms with Crippen LogP contribution in [0.3, 0.4) is 0 Å². The number of rotatable bonds is 2. The van der Waals surface area contributed by atoms with Crippen LogP contribution in [0.4, 0.5) is 13.2 Å². The maximum atomic E-state index is 11.4. The zero-order valence-electron chi connectivity index (χ0n) is 5.53. The van der Waals surface area contributed by atoms with Crippen LogP contribution in [0.25, 0.3) is 4.13 Å². The molecule has 0 fully saturated rings. The first kappa shape index (κ1) is 15.1. The minimum atomic E-state index is -5.92. The van der Waals surface area contributed by atoms with Gasteiger partial charge in [0.1, 0.15) is 0 Å². The molecule has 0 bridgehead atoms. The van der Waals surface area contributed by atoms with E-state index in [2.05, 4.69) is 0 Å². The lowest BCUT2D eigenvalue weighted by Gasteiger charge is -2.19. The molecule has 0 heterocycles. The van der Waals surface area contributed by atoms with Crippen molar-refractivity contribution in [1.29, 1.82) is 0 Å². The summed E-state index contributed by atoms with van der Waals surface area (Å²) in [5.74, 6) is 0. The Bertz CT molecular complexity index is 353. The summed E-state index contributed by atoms with van der Waals surface area (Å²) in [6, 6.07) is 0. The minimum absolute atomic E-state index is 0. The molecule has 0 aliphatic carbocycles. The van der Waals surface area contributed by atoms with Crippen molar-refractivity contribution in [2.45, 2.75) is 12.9 Å². The first-order valence-corrected chi connectivity index (χ1v) is 5.50. The van der Waals surface area contributed by atoms with E-state index in [9.17, 15) is 30.0 Å². The lowest BCUT2D eigenvalue weighted by atomic mass is 11.6. The first-order chi connectivity index (χ1) is 4.96. The van der Waals surface area contributed by atoms with Gasteiger partial charge >= 0.3 is 5.51 Å². The van der Waals surface area contributed by atoms with Crippen molar-refractivity contribution >= 4 is 20.0 Å². The molecule has 0 unspecified atom stereocenters. The van der Waals surface area contributed by atoms with E-state index < -0.39 is 25.6 Å². The highest BCUT2D eigenvalue weighted by Gasteiger charge is 2.39. The van der Waals surface area contributed by atoms with Gasteiger partial charge in [-0.3, -0.25) is 0 Å². The van der Waals surface area contributed by atoms with Crippen molar-refractivity contribution in [1.82, 2.24) is 0 Å². The summed E-state index contributed by atoms with van der Waals surface area (Å²) in [5, 5.41) is 0. The predicted molar refractivity (Wildman–Crippen MR) is 39.9 cm³/mol. The maximum Gasteiger partial charge on any atom is 0.480 e.